The standard InChI is InChI=1S/C5H13NO2S/c1-3-4-5-6(2)9(7)8/h3-5H2,1-2H3,(H,7,8). The highest BCUT2D eigenvalue weighted by Crippen LogP contribution is 1.92. The molecule has 0 saturated carbocycles. The highest BCUT2D eigenvalue weighted by molar-refractivity contribution is 7.76. The Balaban J connectivity index is 3.27. The number of hydrogen-bond acceptors (Lipinski definition) is 1. The van der Waals surface area contributed by atoms with Crippen molar-refractivity contribution in [2.45, 2.75) is 19.8 Å². The Hall–Kier alpha value is 0.0700. The van der Waals surface area contributed by atoms with Gasteiger partial charge in [-0.05, 0) is 6.42 Å². The summed E-state index contributed by atoms with van der Waals surface area (Å²) >= 11 is -1.78. The molecule has 1 unspecified atom stereocenters. The van der Waals surface area contributed by atoms with E-state index in [1.165, 1.54) is 4.31 Å². The average molecular weight is 151 g/mol. The molecule has 0 aromatic heterocycles. The predicted molar refractivity (Wildman–Crippen MR) is 38.3 cm³/mol. The first-order chi connectivity index (χ1) is 4.18. The van der Waals surface area contributed by atoms with Gasteiger partial charge in [0.05, 0.1) is 0 Å². The van der Waals surface area contributed by atoms with Gasteiger partial charge in [-0.2, -0.15) is 0 Å². The van der Waals surface area contributed by atoms with Crippen LogP contribution in [0.4, 0.5) is 0 Å². The maximum Gasteiger partial charge on any atom is 0.234 e. The van der Waals surface area contributed by atoms with Gasteiger partial charge >= 0.3 is 0 Å². The van der Waals surface area contributed by atoms with E-state index in [1.807, 2.05) is 6.92 Å². The molecule has 0 bridgehead atoms. The molecule has 0 aliphatic carbocycles. The zero-order chi connectivity index (χ0) is 7.28. The van der Waals surface area contributed by atoms with Gasteiger partial charge in [0.25, 0.3) is 0 Å². The van der Waals surface area contributed by atoms with E-state index < -0.39 is 11.3 Å². The van der Waals surface area contributed by atoms with Gasteiger partial charge in [0.2, 0.25) is 11.3 Å². The average Bonchev–Trinajstić information content (AvgIpc) is 1.82. The topological polar surface area (TPSA) is 40.5 Å². The fourth-order valence-corrected chi connectivity index (χ4v) is 0.744. The van der Waals surface area contributed by atoms with E-state index in [0.717, 1.165) is 12.8 Å². The van der Waals surface area contributed by atoms with Crippen molar-refractivity contribution in [1.82, 2.24) is 4.31 Å². The monoisotopic (exact) mass is 151 g/mol. The molecule has 0 aromatic rings. The number of rotatable bonds is 4. The van der Waals surface area contributed by atoms with Crippen LogP contribution in [0, 0.1) is 0 Å². The second-order valence-electron chi connectivity index (χ2n) is 1.94. The first-order valence-electron chi connectivity index (χ1n) is 3.00. The van der Waals surface area contributed by atoms with E-state index in [4.69, 9.17) is 4.55 Å². The summed E-state index contributed by atoms with van der Waals surface area (Å²) in [6.45, 7) is 2.74. The predicted octanol–water partition coefficient (Wildman–Crippen LogP) is 0.855. The summed E-state index contributed by atoms with van der Waals surface area (Å²) in [5, 5.41) is 0. The van der Waals surface area contributed by atoms with Crippen molar-refractivity contribution in [3.8, 4) is 0 Å². The van der Waals surface area contributed by atoms with Crippen LogP contribution < -0.4 is 0 Å². The molecule has 0 aliphatic heterocycles. The third-order valence-electron chi connectivity index (χ3n) is 1.09. The lowest BCUT2D eigenvalue weighted by atomic mass is 10.3. The summed E-state index contributed by atoms with van der Waals surface area (Å²) in [5.41, 5.74) is 0. The minimum atomic E-state index is -1.78. The highest BCUT2D eigenvalue weighted by atomic mass is 32.2. The largest absolute Gasteiger partial charge is 0.294 e. The fraction of sp³-hybridized carbons (Fsp3) is 1.00. The van der Waals surface area contributed by atoms with Crippen LogP contribution in [0.3, 0.4) is 0 Å². The lowest BCUT2D eigenvalue weighted by Gasteiger charge is -2.08. The molecule has 0 spiro atoms. The molecule has 1 N–H and O–H groups in total. The van der Waals surface area contributed by atoms with Gasteiger partial charge in [-0.15, -0.1) is 0 Å². The molecule has 0 fully saturated rings. The summed E-state index contributed by atoms with van der Waals surface area (Å²) in [7, 11) is 1.63. The van der Waals surface area contributed by atoms with Gasteiger partial charge in [-0.25, -0.2) is 8.51 Å². The fourth-order valence-electron chi connectivity index (χ4n) is 0.459. The Morgan fingerprint density at radius 3 is 2.56 bits per heavy atom. The summed E-state index contributed by atoms with van der Waals surface area (Å²) in [4.78, 5) is 0. The molecule has 0 aliphatic rings. The Morgan fingerprint density at radius 1 is 1.67 bits per heavy atom. The smallest absolute Gasteiger partial charge is 0.234 e. The van der Waals surface area contributed by atoms with E-state index in [-0.39, 0.29) is 0 Å². The normalized spacial score (nSPS) is 14.2. The van der Waals surface area contributed by atoms with Crippen molar-refractivity contribution in [2.24, 2.45) is 0 Å². The van der Waals surface area contributed by atoms with Gasteiger partial charge in [0, 0.05) is 13.6 Å². The lowest BCUT2D eigenvalue weighted by Crippen LogP contribution is -2.21. The second-order valence-corrected chi connectivity index (χ2v) is 3.02. The third kappa shape index (κ3) is 4.57. The maximum atomic E-state index is 10.2. The maximum absolute atomic E-state index is 10.2. The highest BCUT2D eigenvalue weighted by Gasteiger charge is 2.00. The van der Waals surface area contributed by atoms with E-state index in [2.05, 4.69) is 0 Å². The molecule has 0 amide bonds. The minimum Gasteiger partial charge on any atom is -0.294 e. The van der Waals surface area contributed by atoms with Crippen LogP contribution in [-0.4, -0.2) is 26.7 Å². The van der Waals surface area contributed by atoms with Crippen molar-refractivity contribution >= 4 is 11.3 Å². The molecule has 0 heterocycles. The van der Waals surface area contributed by atoms with Gasteiger partial charge in [-0.3, -0.25) is 4.55 Å². The van der Waals surface area contributed by atoms with Crippen molar-refractivity contribution in [1.29, 1.82) is 0 Å². The molecule has 56 valence electrons. The van der Waals surface area contributed by atoms with Crippen molar-refractivity contribution in [2.75, 3.05) is 13.6 Å². The molecule has 9 heavy (non-hydrogen) atoms. The molecule has 1 atom stereocenters. The van der Waals surface area contributed by atoms with Gasteiger partial charge in [0.15, 0.2) is 0 Å². The van der Waals surface area contributed by atoms with E-state index in [0.29, 0.717) is 6.54 Å². The van der Waals surface area contributed by atoms with Crippen molar-refractivity contribution in [3.05, 3.63) is 0 Å². The van der Waals surface area contributed by atoms with E-state index in [1.54, 1.807) is 7.05 Å². The zero-order valence-corrected chi connectivity index (χ0v) is 6.65. The third-order valence-corrected chi connectivity index (χ3v) is 1.81. The Bertz CT molecular complexity index is 97.0. The van der Waals surface area contributed by atoms with Crippen LogP contribution in [0.1, 0.15) is 19.8 Å². The summed E-state index contributed by atoms with van der Waals surface area (Å²) in [6.07, 6.45) is 2.03. The number of nitrogens with zero attached hydrogens (tertiary/aromatic N) is 1. The quantitative estimate of drug-likeness (QED) is 0.605. The molecular formula is C5H13NO2S. The minimum absolute atomic E-state index is 0.694. The van der Waals surface area contributed by atoms with Gasteiger partial charge < -0.3 is 0 Å². The Morgan fingerprint density at radius 2 is 2.22 bits per heavy atom. The summed E-state index contributed by atoms with van der Waals surface area (Å²) < 4.78 is 20.1. The van der Waals surface area contributed by atoms with Crippen LogP contribution in [0.15, 0.2) is 0 Å². The van der Waals surface area contributed by atoms with Crippen LogP contribution in [0.25, 0.3) is 0 Å². The molecule has 0 rings (SSSR count). The Kier molecular flexibility index (Phi) is 4.94. The van der Waals surface area contributed by atoms with Crippen molar-refractivity contribution in [3.63, 3.8) is 0 Å². The Labute approximate surface area is 58.5 Å². The van der Waals surface area contributed by atoms with Gasteiger partial charge in [-0.1, -0.05) is 13.3 Å². The van der Waals surface area contributed by atoms with Crippen molar-refractivity contribution < 1.29 is 8.76 Å². The second kappa shape index (κ2) is 4.90. The lowest BCUT2D eigenvalue weighted by molar-refractivity contribution is 0.439. The molecule has 4 heteroatoms. The van der Waals surface area contributed by atoms with Gasteiger partial charge in [0.1, 0.15) is 0 Å². The first kappa shape index (κ1) is 9.07. The first-order valence-corrected chi connectivity index (χ1v) is 4.07. The molecule has 0 radical (unpaired) electrons. The van der Waals surface area contributed by atoms with E-state index >= 15 is 0 Å². The molecule has 0 saturated heterocycles. The SMILES string of the molecule is CCCCN(C)S(=O)O. The zero-order valence-electron chi connectivity index (χ0n) is 5.83. The van der Waals surface area contributed by atoms with Crippen LogP contribution in [0.5, 0.6) is 0 Å². The number of hydrogen-bond donors (Lipinski definition) is 1. The summed E-state index contributed by atoms with van der Waals surface area (Å²) in [6, 6.07) is 0. The molecular weight excluding hydrogens is 138 g/mol. The van der Waals surface area contributed by atoms with Crippen LogP contribution >= 0.6 is 0 Å². The van der Waals surface area contributed by atoms with Crippen LogP contribution in [0.2, 0.25) is 0 Å². The van der Waals surface area contributed by atoms with E-state index in [9.17, 15) is 4.21 Å². The van der Waals surface area contributed by atoms with Crippen LogP contribution in [-0.2, 0) is 11.3 Å². The molecule has 0 aromatic carbocycles. The summed E-state index contributed by atoms with van der Waals surface area (Å²) in [5.74, 6) is 0. The molecule has 3 nitrogen and oxygen atoms in total. The number of unbranched alkanes of at least 4 members (excludes halogenated alkanes) is 1.